The van der Waals surface area contributed by atoms with Crippen LogP contribution in [0, 0.1) is 5.92 Å². The molecule has 1 saturated carbocycles. The first kappa shape index (κ1) is 11.1. The molecule has 3 rings (SSSR count). The van der Waals surface area contributed by atoms with Crippen LogP contribution in [0.5, 0.6) is 5.75 Å². The second-order valence-corrected chi connectivity index (χ2v) is 5.82. The van der Waals surface area contributed by atoms with Crippen LogP contribution >= 0.6 is 0 Å². The van der Waals surface area contributed by atoms with Gasteiger partial charge in [-0.1, -0.05) is 19.4 Å². The van der Waals surface area contributed by atoms with Crippen LogP contribution in [0.15, 0.2) is 18.2 Å². The maximum atomic E-state index is 6.48. The van der Waals surface area contributed by atoms with Crippen molar-refractivity contribution in [2.75, 3.05) is 7.11 Å². The SMILES string of the molecule is COc1ccc2c(c1)[C@@]1(C)CCCC(C2)[C@@H]1N. The zero-order chi connectivity index (χ0) is 12.0. The Morgan fingerprint density at radius 3 is 3.00 bits per heavy atom. The summed E-state index contributed by atoms with van der Waals surface area (Å²) >= 11 is 0. The Kier molecular flexibility index (Phi) is 2.44. The van der Waals surface area contributed by atoms with Crippen molar-refractivity contribution in [2.45, 2.75) is 44.1 Å². The van der Waals surface area contributed by atoms with Gasteiger partial charge in [-0.05, 0) is 48.4 Å². The standard InChI is InChI=1S/C15H21NO/c1-15-7-3-4-11(14(15)16)8-10-5-6-12(17-2)9-13(10)15/h5-6,9,11,14H,3-4,7-8,16H2,1-2H3/t11?,14-,15+/m0/s1. The minimum Gasteiger partial charge on any atom is -0.497 e. The summed E-state index contributed by atoms with van der Waals surface area (Å²) < 4.78 is 5.36. The number of hydrogen-bond acceptors (Lipinski definition) is 2. The molecule has 1 fully saturated rings. The monoisotopic (exact) mass is 231 g/mol. The fourth-order valence-corrected chi connectivity index (χ4v) is 3.82. The maximum absolute atomic E-state index is 6.48. The molecule has 1 aromatic rings. The molecule has 2 heteroatoms. The van der Waals surface area contributed by atoms with Crippen molar-refractivity contribution in [1.29, 1.82) is 0 Å². The Bertz CT molecular complexity index is 443. The van der Waals surface area contributed by atoms with E-state index in [1.807, 2.05) is 0 Å². The summed E-state index contributed by atoms with van der Waals surface area (Å²) in [5.74, 6) is 1.64. The number of methoxy groups -OCH3 is 1. The predicted octanol–water partition coefficient (Wildman–Crippen LogP) is 2.64. The summed E-state index contributed by atoms with van der Waals surface area (Å²) in [6, 6.07) is 6.83. The van der Waals surface area contributed by atoms with Gasteiger partial charge >= 0.3 is 0 Å². The minimum absolute atomic E-state index is 0.158. The zero-order valence-electron chi connectivity index (χ0n) is 10.7. The van der Waals surface area contributed by atoms with E-state index in [0.29, 0.717) is 12.0 Å². The Balaban J connectivity index is 2.14. The van der Waals surface area contributed by atoms with Gasteiger partial charge in [-0.25, -0.2) is 0 Å². The fraction of sp³-hybridized carbons (Fsp3) is 0.600. The third-order valence-corrected chi connectivity index (χ3v) is 4.93. The fourth-order valence-electron chi connectivity index (χ4n) is 3.82. The molecule has 17 heavy (non-hydrogen) atoms. The molecule has 0 radical (unpaired) electrons. The second-order valence-electron chi connectivity index (χ2n) is 5.82. The Morgan fingerprint density at radius 1 is 1.41 bits per heavy atom. The molecule has 2 aliphatic carbocycles. The molecule has 2 bridgehead atoms. The van der Waals surface area contributed by atoms with Crippen LogP contribution in [-0.4, -0.2) is 13.2 Å². The van der Waals surface area contributed by atoms with Crippen LogP contribution in [0.4, 0.5) is 0 Å². The number of fused-ring (bicyclic) bond motifs is 4. The maximum Gasteiger partial charge on any atom is 0.119 e. The van der Waals surface area contributed by atoms with Crippen LogP contribution in [0.25, 0.3) is 0 Å². The van der Waals surface area contributed by atoms with E-state index in [2.05, 4.69) is 25.1 Å². The Hall–Kier alpha value is -1.02. The highest BCUT2D eigenvalue weighted by Gasteiger charge is 2.45. The molecule has 0 aliphatic heterocycles. The van der Waals surface area contributed by atoms with Gasteiger partial charge in [0.15, 0.2) is 0 Å². The summed E-state index contributed by atoms with van der Waals surface area (Å²) in [7, 11) is 1.73. The smallest absolute Gasteiger partial charge is 0.119 e. The Morgan fingerprint density at radius 2 is 2.24 bits per heavy atom. The van der Waals surface area contributed by atoms with E-state index in [9.17, 15) is 0 Å². The quantitative estimate of drug-likeness (QED) is 0.806. The molecule has 0 amide bonds. The lowest BCUT2D eigenvalue weighted by molar-refractivity contribution is 0.173. The molecule has 2 N–H and O–H groups in total. The normalized spacial score (nSPS) is 35.2. The van der Waals surface area contributed by atoms with Crippen LogP contribution in [-0.2, 0) is 11.8 Å². The van der Waals surface area contributed by atoms with Crippen molar-refractivity contribution < 1.29 is 4.74 Å². The number of hydrogen-bond donors (Lipinski definition) is 1. The van der Waals surface area contributed by atoms with E-state index in [4.69, 9.17) is 10.5 Å². The molecular formula is C15H21NO. The van der Waals surface area contributed by atoms with Crippen LogP contribution < -0.4 is 10.5 Å². The van der Waals surface area contributed by atoms with Gasteiger partial charge in [-0.15, -0.1) is 0 Å². The van der Waals surface area contributed by atoms with Gasteiger partial charge in [0.1, 0.15) is 5.75 Å². The molecule has 0 heterocycles. The average molecular weight is 231 g/mol. The summed E-state index contributed by atoms with van der Waals surface area (Å²) in [6.07, 6.45) is 4.97. The first-order chi connectivity index (χ1) is 8.15. The van der Waals surface area contributed by atoms with Crippen molar-refractivity contribution in [3.8, 4) is 5.75 Å². The second kappa shape index (κ2) is 3.74. The van der Waals surface area contributed by atoms with Crippen molar-refractivity contribution in [1.82, 2.24) is 0 Å². The summed E-state index contributed by atoms with van der Waals surface area (Å²) in [5, 5.41) is 0. The molecule has 0 saturated heterocycles. The van der Waals surface area contributed by atoms with Gasteiger partial charge in [0.05, 0.1) is 7.11 Å². The van der Waals surface area contributed by atoms with Gasteiger partial charge in [0.2, 0.25) is 0 Å². The Labute approximate surface area is 103 Å². The molecular weight excluding hydrogens is 210 g/mol. The number of nitrogens with two attached hydrogens (primary N) is 1. The molecule has 2 aliphatic rings. The minimum atomic E-state index is 0.158. The average Bonchev–Trinajstić information content (AvgIpc) is 2.33. The summed E-state index contributed by atoms with van der Waals surface area (Å²) in [4.78, 5) is 0. The molecule has 3 atom stereocenters. The molecule has 92 valence electrons. The van der Waals surface area contributed by atoms with Crippen molar-refractivity contribution in [2.24, 2.45) is 11.7 Å². The van der Waals surface area contributed by atoms with Gasteiger partial charge in [0, 0.05) is 11.5 Å². The molecule has 1 aromatic carbocycles. The van der Waals surface area contributed by atoms with Crippen molar-refractivity contribution in [3.63, 3.8) is 0 Å². The van der Waals surface area contributed by atoms with E-state index in [0.717, 1.165) is 12.2 Å². The highest BCUT2D eigenvalue weighted by molar-refractivity contribution is 5.44. The van der Waals surface area contributed by atoms with Crippen LogP contribution in [0.2, 0.25) is 0 Å². The lowest BCUT2D eigenvalue weighted by atomic mass is 9.57. The highest BCUT2D eigenvalue weighted by Crippen LogP contribution is 2.48. The van der Waals surface area contributed by atoms with Gasteiger partial charge in [-0.2, -0.15) is 0 Å². The molecule has 0 aromatic heterocycles. The molecule has 2 nitrogen and oxygen atoms in total. The van der Waals surface area contributed by atoms with Gasteiger partial charge < -0.3 is 10.5 Å². The summed E-state index contributed by atoms with van der Waals surface area (Å²) in [6.45, 7) is 2.33. The highest BCUT2D eigenvalue weighted by atomic mass is 16.5. The van der Waals surface area contributed by atoms with E-state index in [1.165, 1.54) is 30.4 Å². The van der Waals surface area contributed by atoms with E-state index in [-0.39, 0.29) is 5.41 Å². The largest absolute Gasteiger partial charge is 0.497 e. The van der Waals surface area contributed by atoms with E-state index in [1.54, 1.807) is 7.11 Å². The zero-order valence-corrected chi connectivity index (χ0v) is 10.7. The topological polar surface area (TPSA) is 35.2 Å². The molecule has 1 unspecified atom stereocenters. The predicted molar refractivity (Wildman–Crippen MR) is 69.4 cm³/mol. The third kappa shape index (κ3) is 1.50. The number of rotatable bonds is 1. The van der Waals surface area contributed by atoms with Crippen LogP contribution in [0.1, 0.15) is 37.3 Å². The first-order valence-corrected chi connectivity index (χ1v) is 6.58. The van der Waals surface area contributed by atoms with E-state index < -0.39 is 0 Å². The molecule has 0 spiro atoms. The van der Waals surface area contributed by atoms with Crippen molar-refractivity contribution in [3.05, 3.63) is 29.3 Å². The number of ether oxygens (including phenoxy) is 1. The number of benzene rings is 1. The lowest BCUT2D eigenvalue weighted by Gasteiger charge is -2.49. The van der Waals surface area contributed by atoms with E-state index >= 15 is 0 Å². The van der Waals surface area contributed by atoms with Crippen molar-refractivity contribution >= 4 is 0 Å². The summed E-state index contributed by atoms with van der Waals surface area (Å²) in [5.41, 5.74) is 9.56. The third-order valence-electron chi connectivity index (χ3n) is 4.93. The lowest BCUT2D eigenvalue weighted by Crippen LogP contribution is -2.54. The van der Waals surface area contributed by atoms with Gasteiger partial charge in [0.25, 0.3) is 0 Å². The van der Waals surface area contributed by atoms with Gasteiger partial charge in [-0.3, -0.25) is 0 Å². The first-order valence-electron chi connectivity index (χ1n) is 6.58. The van der Waals surface area contributed by atoms with Crippen LogP contribution in [0.3, 0.4) is 0 Å².